The molecular weight excluding hydrogens is 120 g/mol. The standard InChI is InChI=1S/C6H6O3/c7-5-3-1-4(6(5)8)9-2-3/h3-4H,1-2H2. The number of hydrogen-bond donors (Lipinski definition) is 0. The molecule has 2 rings (SSSR count). The highest BCUT2D eigenvalue weighted by atomic mass is 16.5. The number of carbonyl (C=O) groups excluding carboxylic acids is 2. The quantitative estimate of drug-likeness (QED) is 0.412. The van der Waals surface area contributed by atoms with Gasteiger partial charge in [0.25, 0.3) is 0 Å². The number of ketones is 2. The van der Waals surface area contributed by atoms with Gasteiger partial charge in [0.05, 0.1) is 12.5 Å². The van der Waals surface area contributed by atoms with Crippen molar-refractivity contribution in [3.05, 3.63) is 0 Å². The van der Waals surface area contributed by atoms with Crippen molar-refractivity contribution in [1.82, 2.24) is 0 Å². The number of ether oxygens (including phenoxy) is 1. The van der Waals surface area contributed by atoms with Gasteiger partial charge >= 0.3 is 0 Å². The summed E-state index contributed by atoms with van der Waals surface area (Å²) in [4.78, 5) is 21.4. The zero-order valence-electron chi connectivity index (χ0n) is 4.79. The lowest BCUT2D eigenvalue weighted by molar-refractivity contribution is -0.144. The molecule has 0 N–H and O–H groups in total. The second-order valence-corrected chi connectivity index (χ2v) is 2.48. The monoisotopic (exact) mass is 126 g/mol. The summed E-state index contributed by atoms with van der Waals surface area (Å²) in [5, 5.41) is 0. The molecule has 1 saturated heterocycles. The Labute approximate surface area is 52.0 Å². The molecule has 0 aromatic heterocycles. The summed E-state index contributed by atoms with van der Waals surface area (Å²) < 4.78 is 4.96. The third kappa shape index (κ3) is 0.498. The van der Waals surface area contributed by atoms with E-state index in [0.29, 0.717) is 13.0 Å². The Hall–Kier alpha value is -0.700. The van der Waals surface area contributed by atoms with E-state index in [4.69, 9.17) is 4.74 Å². The molecule has 2 bridgehead atoms. The minimum atomic E-state index is -0.373. The lowest BCUT2D eigenvalue weighted by Crippen LogP contribution is -2.28. The first kappa shape index (κ1) is 5.11. The van der Waals surface area contributed by atoms with E-state index in [2.05, 4.69) is 0 Å². The molecule has 2 aliphatic rings. The minimum absolute atomic E-state index is 0.0949. The Morgan fingerprint density at radius 1 is 1.33 bits per heavy atom. The van der Waals surface area contributed by atoms with Crippen molar-refractivity contribution in [3.8, 4) is 0 Å². The van der Waals surface area contributed by atoms with Crippen LogP contribution in [0.15, 0.2) is 0 Å². The third-order valence-corrected chi connectivity index (χ3v) is 1.90. The van der Waals surface area contributed by atoms with E-state index in [1.807, 2.05) is 0 Å². The summed E-state index contributed by atoms with van der Waals surface area (Å²) in [5.41, 5.74) is 0. The summed E-state index contributed by atoms with van der Waals surface area (Å²) in [6.45, 7) is 0.468. The highest BCUT2D eigenvalue weighted by Crippen LogP contribution is 2.29. The maximum Gasteiger partial charge on any atom is 0.227 e. The highest BCUT2D eigenvalue weighted by molar-refractivity contribution is 6.42. The Bertz CT molecular complexity index is 165. The second-order valence-electron chi connectivity index (χ2n) is 2.48. The summed E-state index contributed by atoms with van der Waals surface area (Å²) in [5.74, 6) is -0.625. The zero-order chi connectivity index (χ0) is 6.43. The highest BCUT2D eigenvalue weighted by Gasteiger charge is 2.47. The van der Waals surface area contributed by atoms with Crippen LogP contribution in [0.3, 0.4) is 0 Å². The Balaban J connectivity index is 2.35. The lowest BCUT2D eigenvalue weighted by atomic mass is 10.1. The van der Waals surface area contributed by atoms with Gasteiger partial charge < -0.3 is 4.74 Å². The molecule has 3 nitrogen and oxygen atoms in total. The Kier molecular flexibility index (Phi) is 0.805. The summed E-state index contributed by atoms with van der Waals surface area (Å²) in [6, 6.07) is 0. The Morgan fingerprint density at radius 3 is 2.44 bits per heavy atom. The van der Waals surface area contributed by atoms with Crippen molar-refractivity contribution >= 4 is 11.6 Å². The van der Waals surface area contributed by atoms with E-state index in [0.717, 1.165) is 0 Å². The minimum Gasteiger partial charge on any atom is -0.369 e. The number of Topliss-reactive ketones (excluding diaryl/α,β-unsaturated/α-hetero) is 2. The van der Waals surface area contributed by atoms with Crippen LogP contribution in [0.4, 0.5) is 0 Å². The van der Waals surface area contributed by atoms with Gasteiger partial charge in [-0.15, -0.1) is 0 Å². The predicted octanol–water partition coefficient (Wildman–Crippen LogP) is -0.457. The predicted molar refractivity (Wildman–Crippen MR) is 27.9 cm³/mol. The molecule has 1 aliphatic heterocycles. The first-order valence-corrected chi connectivity index (χ1v) is 2.98. The molecule has 9 heavy (non-hydrogen) atoms. The van der Waals surface area contributed by atoms with Gasteiger partial charge in [-0.2, -0.15) is 0 Å². The second kappa shape index (κ2) is 1.42. The van der Waals surface area contributed by atoms with Crippen molar-refractivity contribution in [2.24, 2.45) is 5.92 Å². The van der Waals surface area contributed by atoms with Crippen molar-refractivity contribution in [2.75, 3.05) is 6.61 Å². The van der Waals surface area contributed by atoms with E-state index in [1.54, 1.807) is 0 Å². The Morgan fingerprint density at radius 2 is 2.11 bits per heavy atom. The smallest absolute Gasteiger partial charge is 0.227 e. The SMILES string of the molecule is O=C1C(=O)C2CC1CO2. The fraction of sp³-hybridized carbons (Fsp3) is 0.667. The van der Waals surface area contributed by atoms with E-state index >= 15 is 0 Å². The van der Waals surface area contributed by atoms with Gasteiger partial charge in [-0.1, -0.05) is 0 Å². The van der Waals surface area contributed by atoms with Gasteiger partial charge in [-0.05, 0) is 6.42 Å². The molecule has 1 heterocycles. The molecule has 2 fully saturated rings. The topological polar surface area (TPSA) is 43.4 Å². The van der Waals surface area contributed by atoms with Gasteiger partial charge in [0.15, 0.2) is 0 Å². The van der Waals surface area contributed by atoms with Gasteiger partial charge in [-0.3, -0.25) is 9.59 Å². The zero-order valence-corrected chi connectivity index (χ0v) is 4.79. The fourth-order valence-electron chi connectivity index (χ4n) is 1.35. The van der Waals surface area contributed by atoms with Crippen molar-refractivity contribution in [3.63, 3.8) is 0 Å². The summed E-state index contributed by atoms with van der Waals surface area (Å²) in [6.07, 6.45) is 0.264. The van der Waals surface area contributed by atoms with Crippen LogP contribution in [0.1, 0.15) is 6.42 Å². The van der Waals surface area contributed by atoms with Crippen molar-refractivity contribution < 1.29 is 14.3 Å². The van der Waals surface area contributed by atoms with Crippen LogP contribution in [-0.2, 0) is 14.3 Å². The van der Waals surface area contributed by atoms with Gasteiger partial charge in [0.2, 0.25) is 11.6 Å². The van der Waals surface area contributed by atoms with Gasteiger partial charge in [0.1, 0.15) is 6.10 Å². The number of carbonyl (C=O) groups is 2. The third-order valence-electron chi connectivity index (χ3n) is 1.90. The normalized spacial score (nSPS) is 40.4. The van der Waals surface area contributed by atoms with Gasteiger partial charge in [-0.25, -0.2) is 0 Å². The van der Waals surface area contributed by atoms with Crippen LogP contribution in [0.25, 0.3) is 0 Å². The summed E-state index contributed by atoms with van der Waals surface area (Å²) >= 11 is 0. The average molecular weight is 126 g/mol. The number of fused-ring (bicyclic) bond motifs is 2. The molecular formula is C6H6O3. The molecule has 0 aromatic rings. The average Bonchev–Trinajstić information content (AvgIpc) is 2.37. The van der Waals surface area contributed by atoms with E-state index < -0.39 is 0 Å². The molecule has 0 aromatic carbocycles. The molecule has 0 spiro atoms. The van der Waals surface area contributed by atoms with Crippen LogP contribution >= 0.6 is 0 Å². The molecule has 48 valence electrons. The van der Waals surface area contributed by atoms with Crippen molar-refractivity contribution in [2.45, 2.75) is 12.5 Å². The number of hydrogen-bond acceptors (Lipinski definition) is 3. The molecule has 3 heteroatoms. The molecule has 0 radical (unpaired) electrons. The van der Waals surface area contributed by atoms with E-state index in [9.17, 15) is 9.59 Å². The van der Waals surface area contributed by atoms with Crippen LogP contribution in [0.5, 0.6) is 0 Å². The molecule has 2 unspecified atom stereocenters. The van der Waals surface area contributed by atoms with E-state index in [1.165, 1.54) is 0 Å². The van der Waals surface area contributed by atoms with Crippen LogP contribution < -0.4 is 0 Å². The van der Waals surface area contributed by atoms with Crippen molar-refractivity contribution in [1.29, 1.82) is 0 Å². The molecule has 1 aliphatic carbocycles. The first-order chi connectivity index (χ1) is 4.29. The first-order valence-electron chi connectivity index (χ1n) is 2.98. The van der Waals surface area contributed by atoms with Crippen LogP contribution in [0, 0.1) is 5.92 Å². The van der Waals surface area contributed by atoms with Gasteiger partial charge in [0, 0.05) is 0 Å². The molecule has 2 atom stereocenters. The molecule has 0 amide bonds. The summed E-state index contributed by atoms with van der Waals surface area (Å²) in [7, 11) is 0. The molecule has 1 saturated carbocycles. The maximum absolute atomic E-state index is 10.7. The lowest BCUT2D eigenvalue weighted by Gasteiger charge is -2.06. The maximum atomic E-state index is 10.7. The van der Waals surface area contributed by atoms with Crippen LogP contribution in [-0.4, -0.2) is 24.3 Å². The number of rotatable bonds is 0. The van der Waals surface area contributed by atoms with Crippen LogP contribution in [0.2, 0.25) is 0 Å². The van der Waals surface area contributed by atoms with E-state index in [-0.39, 0.29) is 23.6 Å². The largest absolute Gasteiger partial charge is 0.369 e. The fourth-order valence-corrected chi connectivity index (χ4v) is 1.35.